The number of benzene rings is 1. The summed E-state index contributed by atoms with van der Waals surface area (Å²) in [5, 5.41) is 12.0. The molecule has 0 saturated carbocycles. The molecular weight excluding hydrogens is 420 g/mol. The molecule has 0 aliphatic heterocycles. The van der Waals surface area contributed by atoms with Crippen molar-refractivity contribution < 1.29 is 28.3 Å². The van der Waals surface area contributed by atoms with Gasteiger partial charge < -0.3 is 24.1 Å². The molecule has 2 rings (SSSR count). The number of quaternary nitrogens is 1. The van der Waals surface area contributed by atoms with Crippen LogP contribution >= 0.6 is 0 Å². The zero-order valence-electron chi connectivity index (χ0n) is 20.4. The van der Waals surface area contributed by atoms with Gasteiger partial charge in [-0.05, 0) is 42.7 Å². The Labute approximate surface area is 197 Å². The highest BCUT2D eigenvalue weighted by molar-refractivity contribution is 5.92. The van der Waals surface area contributed by atoms with E-state index in [1.54, 1.807) is 12.1 Å². The molecule has 7 heteroatoms. The average molecular weight is 460 g/mol. The van der Waals surface area contributed by atoms with Crippen LogP contribution in [0.5, 0.6) is 5.75 Å². The van der Waals surface area contributed by atoms with Crippen molar-refractivity contribution in [3.05, 3.63) is 53.5 Å². The zero-order chi connectivity index (χ0) is 24.3. The van der Waals surface area contributed by atoms with Crippen LogP contribution in [-0.2, 0) is 17.6 Å². The van der Waals surface area contributed by atoms with E-state index in [-0.39, 0.29) is 18.1 Å². The Balaban J connectivity index is 1.88. The quantitative estimate of drug-likeness (QED) is 0.306. The lowest BCUT2D eigenvalue weighted by atomic mass is 10.1. The Morgan fingerprint density at radius 1 is 1.09 bits per heavy atom. The first kappa shape index (κ1) is 26.5. The number of hydrogen-bond acceptors (Lipinski definition) is 4. The van der Waals surface area contributed by atoms with Crippen molar-refractivity contribution in [1.29, 1.82) is 0 Å². The maximum Gasteiger partial charge on any atom is 0.305 e. The number of amides is 1. The fourth-order valence-corrected chi connectivity index (χ4v) is 3.70. The number of likely N-dealkylation sites (N-methyl/N-ethyl adjacent to an activating group) is 1. The maximum absolute atomic E-state index is 12.6. The van der Waals surface area contributed by atoms with Gasteiger partial charge in [-0.1, -0.05) is 38.3 Å². The highest BCUT2D eigenvalue weighted by Crippen LogP contribution is 2.17. The molecule has 0 spiro atoms. The average Bonchev–Trinajstić information content (AvgIpc) is 3.20. The number of rotatable bonds is 15. The summed E-state index contributed by atoms with van der Waals surface area (Å²) in [4.78, 5) is 23.8. The molecule has 1 aromatic carbocycles. The molecule has 182 valence electrons. The summed E-state index contributed by atoms with van der Waals surface area (Å²) >= 11 is 0. The highest BCUT2D eigenvalue weighted by atomic mass is 16.5. The molecule has 0 bridgehead atoms. The van der Waals surface area contributed by atoms with Crippen LogP contribution in [-0.4, -0.2) is 61.8 Å². The minimum atomic E-state index is -0.943. The number of carboxylic acid groups (broad SMARTS) is 1. The van der Waals surface area contributed by atoms with Crippen molar-refractivity contribution in [3.63, 3.8) is 0 Å². The van der Waals surface area contributed by atoms with Gasteiger partial charge in [0.2, 0.25) is 0 Å². The van der Waals surface area contributed by atoms with E-state index in [9.17, 15) is 9.59 Å². The fourth-order valence-electron chi connectivity index (χ4n) is 3.70. The largest absolute Gasteiger partial charge is 0.494 e. The molecule has 0 radical (unpaired) electrons. The van der Waals surface area contributed by atoms with Gasteiger partial charge in [-0.25, -0.2) is 0 Å². The molecule has 33 heavy (non-hydrogen) atoms. The van der Waals surface area contributed by atoms with Crippen molar-refractivity contribution in [2.45, 2.75) is 57.9 Å². The summed E-state index contributed by atoms with van der Waals surface area (Å²) in [5.74, 6) is 0.462. The Bertz CT molecular complexity index is 885. The van der Waals surface area contributed by atoms with E-state index in [1.165, 1.54) is 19.3 Å². The molecule has 1 aromatic heterocycles. The van der Waals surface area contributed by atoms with Crippen LogP contribution in [0.4, 0.5) is 0 Å². The number of aryl methyl sites for hydroxylation is 2. The molecule has 0 fully saturated rings. The molecule has 2 aromatic rings. The van der Waals surface area contributed by atoms with E-state index in [0.29, 0.717) is 23.2 Å². The van der Waals surface area contributed by atoms with E-state index in [1.807, 2.05) is 33.3 Å². The lowest BCUT2D eigenvalue weighted by Gasteiger charge is -2.28. The molecule has 1 unspecified atom stereocenters. The summed E-state index contributed by atoms with van der Waals surface area (Å²) in [6.07, 6.45) is 6.00. The van der Waals surface area contributed by atoms with Gasteiger partial charge in [0.15, 0.2) is 5.76 Å². The molecular formula is C26H39N2O5+. The highest BCUT2D eigenvalue weighted by Gasteiger charge is 2.24. The van der Waals surface area contributed by atoms with E-state index in [4.69, 9.17) is 14.3 Å². The molecule has 0 aliphatic rings. The van der Waals surface area contributed by atoms with Gasteiger partial charge in [-0.3, -0.25) is 9.59 Å². The molecule has 7 nitrogen and oxygen atoms in total. The third kappa shape index (κ3) is 10.6. The summed E-state index contributed by atoms with van der Waals surface area (Å²) < 4.78 is 12.1. The minimum Gasteiger partial charge on any atom is -0.494 e. The van der Waals surface area contributed by atoms with Gasteiger partial charge in [-0.15, -0.1) is 0 Å². The smallest absolute Gasteiger partial charge is 0.305 e. The Hall–Kier alpha value is -2.80. The number of furan rings is 1. The Morgan fingerprint density at radius 3 is 2.58 bits per heavy atom. The summed E-state index contributed by atoms with van der Waals surface area (Å²) in [6, 6.07) is 11.0. The van der Waals surface area contributed by atoms with Crippen LogP contribution in [0, 0.1) is 0 Å². The lowest BCUT2D eigenvalue weighted by Crippen LogP contribution is -2.49. The van der Waals surface area contributed by atoms with E-state index in [0.717, 1.165) is 30.8 Å². The first-order valence-electron chi connectivity index (χ1n) is 11.8. The number of carbonyl (C=O) groups excluding carboxylic acids is 1. The van der Waals surface area contributed by atoms with Gasteiger partial charge >= 0.3 is 5.97 Å². The SMILES string of the molecule is CCCCCCOc1cccc(CCc2ccc(C(=O)NC(CC(=O)O)C[N+](C)(C)C)o2)c1. The van der Waals surface area contributed by atoms with Crippen LogP contribution in [0.2, 0.25) is 0 Å². The number of hydrogen-bond donors (Lipinski definition) is 2. The van der Waals surface area contributed by atoms with Crippen molar-refractivity contribution >= 4 is 11.9 Å². The molecule has 1 heterocycles. The third-order valence-electron chi connectivity index (χ3n) is 5.23. The zero-order valence-corrected chi connectivity index (χ0v) is 20.4. The molecule has 0 saturated heterocycles. The summed E-state index contributed by atoms with van der Waals surface area (Å²) in [5.41, 5.74) is 1.15. The van der Waals surface area contributed by atoms with Crippen LogP contribution in [0.3, 0.4) is 0 Å². The lowest BCUT2D eigenvalue weighted by molar-refractivity contribution is -0.871. The number of nitrogens with one attached hydrogen (secondary N) is 1. The first-order chi connectivity index (χ1) is 15.7. The molecule has 1 atom stereocenters. The van der Waals surface area contributed by atoms with Gasteiger partial charge in [-0.2, -0.15) is 0 Å². The summed E-state index contributed by atoms with van der Waals surface area (Å²) in [7, 11) is 5.87. The second-order valence-electron chi connectivity index (χ2n) is 9.56. The van der Waals surface area contributed by atoms with Crippen LogP contribution in [0.1, 0.15) is 60.9 Å². The van der Waals surface area contributed by atoms with E-state index in [2.05, 4.69) is 24.4 Å². The maximum atomic E-state index is 12.6. The van der Waals surface area contributed by atoms with Crippen molar-refractivity contribution in [3.8, 4) is 5.75 Å². The number of aliphatic carboxylic acids is 1. The van der Waals surface area contributed by atoms with Crippen LogP contribution in [0.25, 0.3) is 0 Å². The fraction of sp³-hybridized carbons (Fsp3) is 0.538. The third-order valence-corrected chi connectivity index (χ3v) is 5.23. The minimum absolute atomic E-state index is 0.133. The van der Waals surface area contributed by atoms with Crippen molar-refractivity contribution in [2.75, 3.05) is 34.3 Å². The number of carboxylic acids is 1. The second-order valence-corrected chi connectivity index (χ2v) is 9.56. The summed E-state index contributed by atoms with van der Waals surface area (Å²) in [6.45, 7) is 3.43. The van der Waals surface area contributed by atoms with Crippen molar-refractivity contribution in [1.82, 2.24) is 5.32 Å². The van der Waals surface area contributed by atoms with E-state index >= 15 is 0 Å². The Morgan fingerprint density at radius 2 is 1.88 bits per heavy atom. The number of unbranched alkanes of at least 4 members (excludes halogenated alkanes) is 3. The molecule has 2 N–H and O–H groups in total. The van der Waals surface area contributed by atoms with Gasteiger partial charge in [0, 0.05) is 6.42 Å². The standard InChI is InChI=1S/C26H38N2O5/c1-5-6-7-8-16-32-23-11-9-10-20(17-23)12-13-22-14-15-24(33-22)26(31)27-21(18-25(29)30)19-28(2,3)4/h9-11,14-15,17,21H,5-8,12-13,16,18-19H2,1-4H3,(H-,27,29,30,31)/p+1. The topological polar surface area (TPSA) is 88.8 Å². The molecule has 1 amide bonds. The monoisotopic (exact) mass is 459 g/mol. The number of carbonyl (C=O) groups is 2. The number of ether oxygens (including phenoxy) is 1. The van der Waals surface area contributed by atoms with Crippen molar-refractivity contribution in [2.24, 2.45) is 0 Å². The van der Waals surface area contributed by atoms with Crippen LogP contribution < -0.4 is 10.1 Å². The first-order valence-corrected chi connectivity index (χ1v) is 11.8. The number of nitrogens with zero attached hydrogens (tertiary/aromatic N) is 1. The van der Waals surface area contributed by atoms with E-state index < -0.39 is 12.0 Å². The normalized spacial score (nSPS) is 12.4. The van der Waals surface area contributed by atoms with Gasteiger partial charge in [0.25, 0.3) is 5.91 Å². The molecule has 0 aliphatic carbocycles. The predicted molar refractivity (Wildman–Crippen MR) is 129 cm³/mol. The Kier molecular flexibility index (Phi) is 10.5. The van der Waals surface area contributed by atoms with Crippen LogP contribution in [0.15, 0.2) is 40.8 Å². The van der Waals surface area contributed by atoms with Gasteiger partial charge in [0.1, 0.15) is 11.5 Å². The second kappa shape index (κ2) is 13.0. The predicted octanol–water partition coefficient (Wildman–Crippen LogP) is 4.30. The van der Waals surface area contributed by atoms with Gasteiger partial charge in [0.05, 0.1) is 46.8 Å².